The maximum atomic E-state index is 13.3. The van der Waals surface area contributed by atoms with E-state index in [2.05, 4.69) is 5.32 Å². The molecule has 0 saturated carbocycles. The number of nitrogens with one attached hydrogen (secondary N) is 1. The van der Waals surface area contributed by atoms with E-state index in [1.54, 1.807) is 13.0 Å². The van der Waals surface area contributed by atoms with Crippen molar-refractivity contribution < 1.29 is 13.9 Å². The number of nitrogens with two attached hydrogens (primary N) is 1. The summed E-state index contributed by atoms with van der Waals surface area (Å²) >= 11 is 0. The number of amides is 1. The normalized spacial score (nSPS) is 11.3. The molecular formula is C11H16ClFN2O2. The quantitative estimate of drug-likeness (QED) is 0.870. The van der Waals surface area contributed by atoms with Crippen molar-refractivity contribution in [1.82, 2.24) is 0 Å². The average Bonchev–Trinajstić information content (AvgIpc) is 2.28. The van der Waals surface area contributed by atoms with Gasteiger partial charge in [-0.25, -0.2) is 4.39 Å². The van der Waals surface area contributed by atoms with E-state index in [1.807, 2.05) is 0 Å². The van der Waals surface area contributed by atoms with Gasteiger partial charge in [0, 0.05) is 24.2 Å². The van der Waals surface area contributed by atoms with Crippen LogP contribution in [0.1, 0.15) is 6.92 Å². The summed E-state index contributed by atoms with van der Waals surface area (Å²) < 4.78 is 18.0. The van der Waals surface area contributed by atoms with Gasteiger partial charge in [0.05, 0.1) is 7.11 Å². The second-order valence-corrected chi connectivity index (χ2v) is 3.48. The summed E-state index contributed by atoms with van der Waals surface area (Å²) in [6.07, 6.45) is 0. The van der Waals surface area contributed by atoms with E-state index in [0.29, 0.717) is 5.69 Å². The zero-order chi connectivity index (χ0) is 12.1. The molecule has 0 bridgehead atoms. The number of ether oxygens (including phenoxy) is 1. The lowest BCUT2D eigenvalue weighted by Gasteiger charge is -2.10. The van der Waals surface area contributed by atoms with Gasteiger partial charge in [-0.2, -0.15) is 0 Å². The molecule has 0 aliphatic carbocycles. The van der Waals surface area contributed by atoms with Crippen LogP contribution >= 0.6 is 12.4 Å². The van der Waals surface area contributed by atoms with E-state index in [9.17, 15) is 9.18 Å². The Hall–Kier alpha value is -1.33. The smallest absolute Gasteiger partial charge is 0.228 e. The molecule has 0 spiro atoms. The second kappa shape index (κ2) is 7.09. The summed E-state index contributed by atoms with van der Waals surface area (Å²) in [6, 6.07) is 4.24. The SMILES string of the molecule is COc1ccc(NC(=O)C(C)CN)cc1F.Cl. The lowest BCUT2D eigenvalue weighted by Crippen LogP contribution is -2.26. The van der Waals surface area contributed by atoms with Gasteiger partial charge in [0.2, 0.25) is 5.91 Å². The molecule has 1 atom stereocenters. The Labute approximate surface area is 106 Å². The first kappa shape index (κ1) is 15.7. The van der Waals surface area contributed by atoms with Crippen LogP contribution < -0.4 is 15.8 Å². The lowest BCUT2D eigenvalue weighted by molar-refractivity contribution is -0.119. The van der Waals surface area contributed by atoms with Gasteiger partial charge in [0.25, 0.3) is 0 Å². The van der Waals surface area contributed by atoms with Gasteiger partial charge in [-0.3, -0.25) is 4.79 Å². The molecule has 1 unspecified atom stereocenters. The molecule has 1 aromatic carbocycles. The molecule has 0 fully saturated rings. The molecule has 0 saturated heterocycles. The Morgan fingerprint density at radius 3 is 2.71 bits per heavy atom. The highest BCUT2D eigenvalue weighted by Gasteiger charge is 2.11. The summed E-state index contributed by atoms with van der Waals surface area (Å²) in [7, 11) is 1.38. The number of hydrogen-bond acceptors (Lipinski definition) is 3. The van der Waals surface area contributed by atoms with Crippen molar-refractivity contribution in [2.75, 3.05) is 19.0 Å². The predicted molar refractivity (Wildman–Crippen MR) is 67.0 cm³/mol. The summed E-state index contributed by atoms with van der Waals surface area (Å²) in [4.78, 5) is 11.5. The largest absolute Gasteiger partial charge is 0.494 e. The Morgan fingerprint density at radius 1 is 1.59 bits per heavy atom. The van der Waals surface area contributed by atoms with Gasteiger partial charge in [-0.15, -0.1) is 12.4 Å². The molecular weight excluding hydrogens is 247 g/mol. The Kier molecular flexibility index (Phi) is 6.53. The number of anilines is 1. The number of carbonyl (C=O) groups is 1. The summed E-state index contributed by atoms with van der Waals surface area (Å²) in [6.45, 7) is 1.96. The van der Waals surface area contributed by atoms with Crippen LogP contribution in [0.15, 0.2) is 18.2 Å². The van der Waals surface area contributed by atoms with Gasteiger partial charge >= 0.3 is 0 Å². The number of methoxy groups -OCH3 is 1. The molecule has 0 aromatic heterocycles. The summed E-state index contributed by atoms with van der Waals surface area (Å²) in [5, 5.41) is 2.57. The monoisotopic (exact) mass is 262 g/mol. The molecule has 0 aliphatic heterocycles. The molecule has 3 N–H and O–H groups in total. The van der Waals surface area contributed by atoms with Crippen molar-refractivity contribution in [3.05, 3.63) is 24.0 Å². The van der Waals surface area contributed by atoms with Crippen molar-refractivity contribution in [2.24, 2.45) is 11.7 Å². The Morgan fingerprint density at radius 2 is 2.24 bits per heavy atom. The van der Waals surface area contributed by atoms with Crippen molar-refractivity contribution in [2.45, 2.75) is 6.92 Å². The topological polar surface area (TPSA) is 64.3 Å². The molecule has 1 amide bonds. The molecule has 6 heteroatoms. The fourth-order valence-electron chi connectivity index (χ4n) is 1.12. The van der Waals surface area contributed by atoms with Gasteiger partial charge in [-0.1, -0.05) is 6.92 Å². The van der Waals surface area contributed by atoms with Gasteiger partial charge < -0.3 is 15.8 Å². The molecule has 4 nitrogen and oxygen atoms in total. The predicted octanol–water partition coefficient (Wildman–Crippen LogP) is 1.79. The number of carbonyl (C=O) groups excluding carboxylic acids is 1. The van der Waals surface area contributed by atoms with Crippen LogP contribution in [0, 0.1) is 11.7 Å². The van der Waals surface area contributed by atoms with Crippen LogP contribution in [-0.2, 0) is 4.79 Å². The lowest BCUT2D eigenvalue weighted by atomic mass is 10.1. The summed E-state index contributed by atoms with van der Waals surface area (Å²) in [5.41, 5.74) is 5.74. The highest BCUT2D eigenvalue weighted by molar-refractivity contribution is 5.92. The number of benzene rings is 1. The summed E-state index contributed by atoms with van der Waals surface area (Å²) in [5.74, 6) is -0.900. The van der Waals surface area contributed by atoms with Gasteiger partial charge in [0.15, 0.2) is 11.6 Å². The Balaban J connectivity index is 0.00000256. The van der Waals surface area contributed by atoms with Crippen LogP contribution in [-0.4, -0.2) is 19.6 Å². The van der Waals surface area contributed by atoms with Gasteiger partial charge in [0.1, 0.15) is 0 Å². The van der Waals surface area contributed by atoms with Crippen LogP contribution in [0.2, 0.25) is 0 Å². The minimum atomic E-state index is -0.513. The highest BCUT2D eigenvalue weighted by atomic mass is 35.5. The van der Waals surface area contributed by atoms with Crippen molar-refractivity contribution in [1.29, 1.82) is 0 Å². The number of rotatable bonds is 4. The Bertz CT molecular complexity index is 388. The van der Waals surface area contributed by atoms with Crippen LogP contribution in [0.3, 0.4) is 0 Å². The fourth-order valence-corrected chi connectivity index (χ4v) is 1.12. The first-order valence-corrected chi connectivity index (χ1v) is 4.93. The average molecular weight is 263 g/mol. The minimum absolute atomic E-state index is 0. The van der Waals surface area contributed by atoms with Crippen LogP contribution in [0.4, 0.5) is 10.1 Å². The number of hydrogen-bond donors (Lipinski definition) is 2. The molecule has 0 heterocycles. The standard InChI is InChI=1S/C11H15FN2O2.ClH/c1-7(6-13)11(15)14-8-3-4-10(16-2)9(12)5-8;/h3-5,7H,6,13H2,1-2H3,(H,14,15);1H. The maximum absolute atomic E-state index is 13.3. The van der Waals surface area contributed by atoms with E-state index in [0.717, 1.165) is 0 Å². The molecule has 0 radical (unpaired) electrons. The van der Waals surface area contributed by atoms with Crippen LogP contribution in [0.5, 0.6) is 5.75 Å². The molecule has 17 heavy (non-hydrogen) atoms. The second-order valence-electron chi connectivity index (χ2n) is 3.48. The fraction of sp³-hybridized carbons (Fsp3) is 0.364. The van der Waals surface area contributed by atoms with E-state index < -0.39 is 5.82 Å². The van der Waals surface area contributed by atoms with Crippen molar-refractivity contribution >= 4 is 24.0 Å². The van der Waals surface area contributed by atoms with E-state index in [1.165, 1.54) is 19.2 Å². The first-order valence-electron chi connectivity index (χ1n) is 4.93. The third kappa shape index (κ3) is 4.20. The molecule has 0 aliphatic rings. The zero-order valence-electron chi connectivity index (χ0n) is 9.70. The zero-order valence-corrected chi connectivity index (χ0v) is 10.5. The molecule has 96 valence electrons. The maximum Gasteiger partial charge on any atom is 0.228 e. The third-order valence-electron chi connectivity index (χ3n) is 2.22. The third-order valence-corrected chi connectivity index (χ3v) is 2.22. The van der Waals surface area contributed by atoms with Crippen molar-refractivity contribution in [3.8, 4) is 5.75 Å². The van der Waals surface area contributed by atoms with E-state index in [4.69, 9.17) is 10.5 Å². The first-order chi connectivity index (χ1) is 7.58. The molecule has 1 rings (SSSR count). The molecule has 1 aromatic rings. The highest BCUT2D eigenvalue weighted by Crippen LogP contribution is 2.20. The van der Waals surface area contributed by atoms with Crippen molar-refractivity contribution in [3.63, 3.8) is 0 Å². The van der Waals surface area contributed by atoms with Crippen LogP contribution in [0.25, 0.3) is 0 Å². The minimum Gasteiger partial charge on any atom is -0.494 e. The number of halogens is 2. The van der Waals surface area contributed by atoms with E-state index in [-0.39, 0.29) is 36.5 Å². The van der Waals surface area contributed by atoms with Gasteiger partial charge in [-0.05, 0) is 12.1 Å². The van der Waals surface area contributed by atoms with E-state index >= 15 is 0 Å².